The Morgan fingerprint density at radius 2 is 2.07 bits per heavy atom. The number of thioether (sulfide) groups is 1. The molecule has 1 aliphatic heterocycles. The van der Waals surface area contributed by atoms with Gasteiger partial charge >= 0.3 is 0 Å². The largest absolute Gasteiger partial charge is 0.383 e. The zero-order chi connectivity index (χ0) is 18.8. The third-order valence-corrected chi connectivity index (χ3v) is 6.01. The zero-order valence-electron chi connectivity index (χ0n) is 17.0. The first kappa shape index (κ1) is 24.4. The fraction of sp³-hybridized carbons (Fsp3) is 0.650. The van der Waals surface area contributed by atoms with E-state index < -0.39 is 0 Å². The Kier molecular flexibility index (Phi) is 12.2. The van der Waals surface area contributed by atoms with Crippen molar-refractivity contribution in [1.29, 1.82) is 0 Å². The van der Waals surface area contributed by atoms with E-state index in [2.05, 4.69) is 72.3 Å². The second-order valence-corrected chi connectivity index (χ2v) is 8.23. The van der Waals surface area contributed by atoms with Crippen LogP contribution < -0.4 is 10.6 Å². The third-order valence-electron chi connectivity index (χ3n) is 4.47. The van der Waals surface area contributed by atoms with Crippen molar-refractivity contribution >= 4 is 47.4 Å². The van der Waals surface area contributed by atoms with Crippen molar-refractivity contribution in [3.8, 4) is 0 Å². The van der Waals surface area contributed by atoms with Gasteiger partial charge in [0.1, 0.15) is 0 Å². The van der Waals surface area contributed by atoms with Crippen LogP contribution in [0.5, 0.6) is 0 Å². The number of guanidine groups is 1. The summed E-state index contributed by atoms with van der Waals surface area (Å²) in [6.45, 7) is 12.0. The van der Waals surface area contributed by atoms with Crippen molar-refractivity contribution in [2.45, 2.75) is 32.6 Å². The highest BCUT2D eigenvalue weighted by atomic mass is 127. The maximum absolute atomic E-state index is 5.06. The quantitative estimate of drug-likeness (QED) is 0.243. The molecule has 1 aliphatic rings. The van der Waals surface area contributed by atoms with E-state index in [1.54, 1.807) is 7.11 Å². The average Bonchev–Trinajstić information content (AvgIpc) is 2.66. The van der Waals surface area contributed by atoms with Crippen molar-refractivity contribution < 1.29 is 4.74 Å². The monoisotopic (exact) mass is 506 g/mol. The molecule has 0 bridgehead atoms. The summed E-state index contributed by atoms with van der Waals surface area (Å²) in [5.74, 6) is 2.92. The minimum absolute atomic E-state index is 0. The number of nitrogens with zero attached hydrogens (tertiary/aromatic N) is 2. The van der Waals surface area contributed by atoms with Gasteiger partial charge in [-0.15, -0.1) is 24.0 Å². The lowest BCUT2D eigenvalue weighted by Gasteiger charge is -2.36. The highest BCUT2D eigenvalue weighted by Gasteiger charge is 2.24. The minimum atomic E-state index is 0. The number of hydrogen-bond acceptors (Lipinski definition) is 4. The van der Waals surface area contributed by atoms with Gasteiger partial charge in [0.15, 0.2) is 5.96 Å². The van der Waals surface area contributed by atoms with Gasteiger partial charge in [-0.2, -0.15) is 11.8 Å². The molecule has 2 N–H and O–H groups in total. The van der Waals surface area contributed by atoms with Crippen LogP contribution in [-0.2, 0) is 11.3 Å². The molecule has 7 heteroatoms. The minimum Gasteiger partial charge on any atom is -0.383 e. The lowest BCUT2D eigenvalue weighted by Crippen LogP contribution is -2.49. The Morgan fingerprint density at radius 3 is 2.70 bits per heavy atom. The third kappa shape index (κ3) is 8.48. The number of aliphatic imine (C=N–C) groups is 1. The van der Waals surface area contributed by atoms with E-state index >= 15 is 0 Å². The molecule has 1 fully saturated rings. The first-order valence-electron chi connectivity index (χ1n) is 9.60. The molecule has 154 valence electrons. The van der Waals surface area contributed by atoms with Gasteiger partial charge in [-0.3, -0.25) is 0 Å². The molecule has 5 nitrogen and oxygen atoms in total. The van der Waals surface area contributed by atoms with Crippen LogP contribution in [0.2, 0.25) is 0 Å². The summed E-state index contributed by atoms with van der Waals surface area (Å²) in [5, 5.41) is 7.49. The van der Waals surface area contributed by atoms with Gasteiger partial charge in [0, 0.05) is 50.0 Å². The maximum Gasteiger partial charge on any atom is 0.194 e. The molecule has 1 atom stereocenters. The SMILES string of the molecule is CCNC(=NCc1ccc(NCCOC)cc1)N1CCSC(C(C)C)C1.I. The first-order valence-corrected chi connectivity index (χ1v) is 10.7. The molecule has 0 aliphatic carbocycles. The van der Waals surface area contributed by atoms with Gasteiger partial charge < -0.3 is 20.3 Å². The number of anilines is 1. The molecule has 1 aromatic rings. The molecular weight excluding hydrogens is 471 g/mol. The van der Waals surface area contributed by atoms with E-state index in [0.29, 0.717) is 24.3 Å². The standard InChI is InChI=1S/C20H34N4OS.HI/c1-5-21-20(24-11-13-26-19(15-24)16(2)3)23-14-17-6-8-18(9-7-17)22-10-12-25-4;/h6-9,16,19,22H,5,10-15H2,1-4H3,(H,21,23);1H. The van der Waals surface area contributed by atoms with Gasteiger partial charge in [-0.25, -0.2) is 4.99 Å². The summed E-state index contributed by atoms with van der Waals surface area (Å²) < 4.78 is 5.06. The lowest BCUT2D eigenvalue weighted by molar-refractivity contribution is 0.211. The van der Waals surface area contributed by atoms with Crippen LogP contribution in [0.15, 0.2) is 29.3 Å². The number of ether oxygens (including phenoxy) is 1. The Balaban J connectivity index is 0.00000364. The molecule has 0 amide bonds. The van der Waals surface area contributed by atoms with Crippen molar-refractivity contribution in [3.63, 3.8) is 0 Å². The van der Waals surface area contributed by atoms with Crippen LogP contribution in [0.25, 0.3) is 0 Å². The predicted molar refractivity (Wildman–Crippen MR) is 130 cm³/mol. The number of methoxy groups -OCH3 is 1. The van der Waals surface area contributed by atoms with Crippen LogP contribution >= 0.6 is 35.7 Å². The normalized spacial score (nSPS) is 17.6. The fourth-order valence-corrected chi connectivity index (χ4v) is 4.19. The van der Waals surface area contributed by atoms with Crippen molar-refractivity contribution in [2.75, 3.05) is 51.0 Å². The summed E-state index contributed by atoms with van der Waals surface area (Å²) in [5.41, 5.74) is 2.35. The van der Waals surface area contributed by atoms with Crippen molar-refractivity contribution in [2.24, 2.45) is 10.9 Å². The van der Waals surface area contributed by atoms with Crippen LogP contribution in [-0.4, -0.2) is 61.8 Å². The van der Waals surface area contributed by atoms with Gasteiger partial charge in [0.05, 0.1) is 13.2 Å². The number of hydrogen-bond donors (Lipinski definition) is 2. The second kappa shape index (κ2) is 13.5. The zero-order valence-corrected chi connectivity index (χ0v) is 20.2. The Bertz CT molecular complexity index is 553. The summed E-state index contributed by atoms with van der Waals surface area (Å²) in [6.07, 6.45) is 0. The van der Waals surface area contributed by atoms with E-state index in [4.69, 9.17) is 9.73 Å². The Hall–Kier alpha value is -0.670. The molecule has 1 saturated heterocycles. The highest BCUT2D eigenvalue weighted by Crippen LogP contribution is 2.25. The number of rotatable bonds is 8. The predicted octanol–water partition coefficient (Wildman–Crippen LogP) is 3.90. The van der Waals surface area contributed by atoms with Crippen molar-refractivity contribution in [3.05, 3.63) is 29.8 Å². The molecule has 1 heterocycles. The summed E-state index contributed by atoms with van der Waals surface area (Å²) in [7, 11) is 1.72. The smallest absolute Gasteiger partial charge is 0.194 e. The number of nitrogens with one attached hydrogen (secondary N) is 2. The van der Waals surface area contributed by atoms with Gasteiger partial charge in [0.25, 0.3) is 0 Å². The van der Waals surface area contributed by atoms with Crippen LogP contribution in [0.3, 0.4) is 0 Å². The molecule has 2 rings (SSSR count). The van der Waals surface area contributed by atoms with Gasteiger partial charge in [-0.1, -0.05) is 26.0 Å². The summed E-state index contributed by atoms with van der Waals surface area (Å²) in [6, 6.07) is 8.51. The van der Waals surface area contributed by atoms with Crippen molar-refractivity contribution in [1.82, 2.24) is 10.2 Å². The molecule has 0 aromatic heterocycles. The number of halogens is 1. The summed E-state index contributed by atoms with van der Waals surface area (Å²) >= 11 is 2.09. The molecule has 1 unspecified atom stereocenters. The Morgan fingerprint density at radius 1 is 1.33 bits per heavy atom. The molecule has 0 saturated carbocycles. The topological polar surface area (TPSA) is 48.9 Å². The second-order valence-electron chi connectivity index (χ2n) is 6.89. The van der Waals surface area contributed by atoms with Crippen LogP contribution in [0.4, 0.5) is 5.69 Å². The van der Waals surface area contributed by atoms with E-state index in [1.165, 1.54) is 11.3 Å². The van der Waals surface area contributed by atoms with Gasteiger partial charge in [0.2, 0.25) is 0 Å². The van der Waals surface area contributed by atoms with E-state index in [9.17, 15) is 0 Å². The van der Waals surface area contributed by atoms with E-state index in [1.807, 2.05) is 0 Å². The summed E-state index contributed by atoms with van der Waals surface area (Å²) in [4.78, 5) is 7.31. The van der Waals surface area contributed by atoms with E-state index in [-0.39, 0.29) is 24.0 Å². The van der Waals surface area contributed by atoms with E-state index in [0.717, 1.165) is 37.8 Å². The molecule has 27 heavy (non-hydrogen) atoms. The van der Waals surface area contributed by atoms with Gasteiger partial charge in [-0.05, 0) is 30.5 Å². The molecular formula is C20H35IN4OS. The first-order chi connectivity index (χ1) is 12.6. The van der Waals surface area contributed by atoms with Crippen LogP contribution in [0, 0.1) is 5.92 Å². The molecule has 0 spiro atoms. The maximum atomic E-state index is 5.06. The fourth-order valence-electron chi connectivity index (χ4n) is 2.89. The average molecular weight is 506 g/mol. The molecule has 0 radical (unpaired) electrons. The lowest BCUT2D eigenvalue weighted by atomic mass is 10.1. The highest BCUT2D eigenvalue weighted by molar-refractivity contribution is 14.0. The Labute approximate surface area is 186 Å². The molecule has 1 aromatic carbocycles. The number of benzene rings is 1. The van der Waals surface area contributed by atoms with Crippen LogP contribution in [0.1, 0.15) is 26.3 Å².